The Bertz CT molecular complexity index is 156. The van der Waals surface area contributed by atoms with Gasteiger partial charge in [-0.25, -0.2) is 0 Å². The van der Waals surface area contributed by atoms with E-state index in [1.54, 1.807) is 0 Å². The normalized spacial score (nSPS) is 31.7. The van der Waals surface area contributed by atoms with Gasteiger partial charge in [0.2, 0.25) is 0 Å². The van der Waals surface area contributed by atoms with E-state index in [0.29, 0.717) is 0 Å². The average molecular weight is 157 g/mol. The summed E-state index contributed by atoms with van der Waals surface area (Å²) >= 11 is 0. The standard InChI is InChI=1S/C8H15NO2/c9-8-2-6(4-10)1-7(3-8)5-11/h2,7-8,10-11H,1,3-5,9H2/t7-,8+/m0/s1. The Morgan fingerprint density at radius 3 is 2.82 bits per heavy atom. The molecule has 0 aliphatic heterocycles. The van der Waals surface area contributed by atoms with E-state index >= 15 is 0 Å². The van der Waals surface area contributed by atoms with E-state index in [0.717, 1.165) is 18.4 Å². The highest BCUT2D eigenvalue weighted by Gasteiger charge is 2.18. The van der Waals surface area contributed by atoms with Crippen LogP contribution in [0.3, 0.4) is 0 Å². The predicted octanol–water partition coefficient (Wildman–Crippen LogP) is -0.365. The first kappa shape index (κ1) is 8.71. The molecule has 0 radical (unpaired) electrons. The van der Waals surface area contributed by atoms with E-state index in [2.05, 4.69) is 0 Å². The number of hydrogen-bond donors (Lipinski definition) is 3. The topological polar surface area (TPSA) is 66.5 Å². The maximum Gasteiger partial charge on any atom is 0.0642 e. The molecule has 64 valence electrons. The van der Waals surface area contributed by atoms with Crippen LogP contribution in [0, 0.1) is 5.92 Å². The molecule has 0 saturated carbocycles. The summed E-state index contributed by atoms with van der Waals surface area (Å²) < 4.78 is 0. The SMILES string of the molecule is N[C@@H]1C=C(CO)C[C@H](CO)C1. The van der Waals surface area contributed by atoms with E-state index in [1.807, 2.05) is 6.08 Å². The highest BCUT2D eigenvalue weighted by Crippen LogP contribution is 2.22. The third kappa shape index (κ3) is 2.29. The van der Waals surface area contributed by atoms with Gasteiger partial charge in [-0.2, -0.15) is 0 Å². The molecule has 0 aromatic rings. The van der Waals surface area contributed by atoms with Gasteiger partial charge >= 0.3 is 0 Å². The Hall–Kier alpha value is -0.380. The van der Waals surface area contributed by atoms with Crippen LogP contribution in [0.25, 0.3) is 0 Å². The minimum Gasteiger partial charge on any atom is -0.396 e. The monoisotopic (exact) mass is 157 g/mol. The fraction of sp³-hybridized carbons (Fsp3) is 0.750. The van der Waals surface area contributed by atoms with Crippen LogP contribution in [0.15, 0.2) is 11.6 Å². The van der Waals surface area contributed by atoms with Crippen LogP contribution in [0.4, 0.5) is 0 Å². The van der Waals surface area contributed by atoms with Gasteiger partial charge in [-0.3, -0.25) is 0 Å². The third-order valence-electron chi connectivity index (χ3n) is 2.07. The second-order valence-corrected chi connectivity index (χ2v) is 3.14. The van der Waals surface area contributed by atoms with Crippen molar-refractivity contribution in [2.75, 3.05) is 13.2 Å². The lowest BCUT2D eigenvalue weighted by Gasteiger charge is -2.23. The maximum absolute atomic E-state index is 8.86. The zero-order chi connectivity index (χ0) is 8.27. The van der Waals surface area contributed by atoms with Crippen LogP contribution in [-0.2, 0) is 0 Å². The van der Waals surface area contributed by atoms with Crippen molar-refractivity contribution in [2.24, 2.45) is 11.7 Å². The van der Waals surface area contributed by atoms with Gasteiger partial charge in [0.25, 0.3) is 0 Å². The first-order valence-corrected chi connectivity index (χ1v) is 3.93. The fourth-order valence-corrected chi connectivity index (χ4v) is 1.53. The smallest absolute Gasteiger partial charge is 0.0642 e. The van der Waals surface area contributed by atoms with Crippen molar-refractivity contribution >= 4 is 0 Å². The number of rotatable bonds is 2. The van der Waals surface area contributed by atoms with Crippen molar-refractivity contribution in [2.45, 2.75) is 18.9 Å². The van der Waals surface area contributed by atoms with Crippen molar-refractivity contribution < 1.29 is 10.2 Å². The van der Waals surface area contributed by atoms with E-state index in [9.17, 15) is 0 Å². The quantitative estimate of drug-likeness (QED) is 0.479. The first-order chi connectivity index (χ1) is 5.26. The van der Waals surface area contributed by atoms with Crippen molar-refractivity contribution in [1.29, 1.82) is 0 Å². The number of aliphatic hydroxyl groups excluding tert-OH is 2. The van der Waals surface area contributed by atoms with Crippen molar-refractivity contribution in [3.63, 3.8) is 0 Å². The van der Waals surface area contributed by atoms with E-state index in [-0.39, 0.29) is 25.2 Å². The molecule has 0 heterocycles. The predicted molar refractivity (Wildman–Crippen MR) is 43.0 cm³/mol. The second kappa shape index (κ2) is 3.85. The lowest BCUT2D eigenvalue weighted by Crippen LogP contribution is -2.28. The van der Waals surface area contributed by atoms with Crippen LogP contribution >= 0.6 is 0 Å². The molecular weight excluding hydrogens is 142 g/mol. The molecule has 0 amide bonds. The number of aliphatic hydroxyl groups is 2. The second-order valence-electron chi connectivity index (χ2n) is 3.14. The molecule has 3 heteroatoms. The molecule has 0 aromatic carbocycles. The van der Waals surface area contributed by atoms with Gasteiger partial charge in [-0.05, 0) is 24.3 Å². The molecule has 0 fully saturated rings. The molecule has 11 heavy (non-hydrogen) atoms. The van der Waals surface area contributed by atoms with Crippen molar-refractivity contribution in [3.8, 4) is 0 Å². The molecule has 1 aliphatic rings. The molecule has 3 nitrogen and oxygen atoms in total. The van der Waals surface area contributed by atoms with Gasteiger partial charge in [-0.15, -0.1) is 0 Å². The van der Waals surface area contributed by atoms with Crippen molar-refractivity contribution in [3.05, 3.63) is 11.6 Å². The van der Waals surface area contributed by atoms with Gasteiger partial charge in [0.15, 0.2) is 0 Å². The summed E-state index contributed by atoms with van der Waals surface area (Å²) in [5.41, 5.74) is 6.63. The molecule has 0 unspecified atom stereocenters. The maximum atomic E-state index is 8.86. The summed E-state index contributed by atoms with van der Waals surface area (Å²) in [4.78, 5) is 0. The minimum absolute atomic E-state index is 0.0167. The molecule has 4 N–H and O–H groups in total. The summed E-state index contributed by atoms with van der Waals surface area (Å²) in [6, 6.07) is 0.0167. The molecule has 1 aliphatic carbocycles. The van der Waals surface area contributed by atoms with Crippen molar-refractivity contribution in [1.82, 2.24) is 0 Å². The molecule has 0 bridgehead atoms. The van der Waals surface area contributed by atoms with E-state index in [4.69, 9.17) is 15.9 Å². The molecule has 1 rings (SSSR count). The van der Waals surface area contributed by atoms with Gasteiger partial charge in [0, 0.05) is 12.6 Å². The molecule has 0 spiro atoms. The summed E-state index contributed by atoms with van der Waals surface area (Å²) in [6.45, 7) is 0.245. The summed E-state index contributed by atoms with van der Waals surface area (Å²) in [6.07, 6.45) is 3.52. The lowest BCUT2D eigenvalue weighted by atomic mass is 9.87. The van der Waals surface area contributed by atoms with Crippen LogP contribution in [-0.4, -0.2) is 29.5 Å². The van der Waals surface area contributed by atoms with Crippen LogP contribution in [0.5, 0.6) is 0 Å². The Morgan fingerprint density at radius 2 is 2.27 bits per heavy atom. The minimum atomic E-state index is 0.0167. The molecule has 0 saturated heterocycles. The summed E-state index contributed by atoms with van der Waals surface area (Å²) in [7, 11) is 0. The zero-order valence-corrected chi connectivity index (χ0v) is 6.53. The first-order valence-electron chi connectivity index (χ1n) is 3.93. The third-order valence-corrected chi connectivity index (χ3v) is 2.07. The molecule has 0 aromatic heterocycles. The summed E-state index contributed by atoms with van der Waals surface area (Å²) in [5.74, 6) is 0.247. The van der Waals surface area contributed by atoms with Crippen LogP contribution in [0.2, 0.25) is 0 Å². The van der Waals surface area contributed by atoms with Gasteiger partial charge in [-0.1, -0.05) is 6.08 Å². The largest absolute Gasteiger partial charge is 0.396 e. The number of hydrogen-bond acceptors (Lipinski definition) is 3. The van der Waals surface area contributed by atoms with E-state index < -0.39 is 0 Å². The zero-order valence-electron chi connectivity index (χ0n) is 6.53. The van der Waals surface area contributed by atoms with Gasteiger partial charge in [0.05, 0.1) is 6.61 Å². The Morgan fingerprint density at radius 1 is 1.55 bits per heavy atom. The highest BCUT2D eigenvalue weighted by molar-refractivity contribution is 5.11. The van der Waals surface area contributed by atoms with E-state index in [1.165, 1.54) is 0 Å². The fourth-order valence-electron chi connectivity index (χ4n) is 1.53. The van der Waals surface area contributed by atoms with Gasteiger partial charge < -0.3 is 15.9 Å². The summed E-state index contributed by atoms with van der Waals surface area (Å²) in [5, 5.41) is 17.7. The molecule has 2 atom stereocenters. The van der Waals surface area contributed by atoms with Crippen LogP contribution in [0.1, 0.15) is 12.8 Å². The number of nitrogens with two attached hydrogens (primary N) is 1. The Kier molecular flexibility index (Phi) is 3.05. The molecular formula is C8H15NO2. The lowest BCUT2D eigenvalue weighted by molar-refractivity contribution is 0.203. The van der Waals surface area contributed by atoms with Crippen LogP contribution < -0.4 is 5.73 Å². The Labute approximate surface area is 66.5 Å². The Balaban J connectivity index is 2.54. The average Bonchev–Trinajstić information content (AvgIpc) is 2.03. The van der Waals surface area contributed by atoms with Gasteiger partial charge in [0.1, 0.15) is 0 Å². The highest BCUT2D eigenvalue weighted by atomic mass is 16.3.